The first-order chi connectivity index (χ1) is 17.2. The molecular formula is C25H22FN5O4S. The van der Waals surface area contributed by atoms with Crippen LogP contribution >= 0.6 is 11.5 Å². The Morgan fingerprint density at radius 1 is 1.11 bits per heavy atom. The summed E-state index contributed by atoms with van der Waals surface area (Å²) >= 11 is 0.708. The van der Waals surface area contributed by atoms with Crippen molar-refractivity contribution in [3.63, 3.8) is 0 Å². The lowest BCUT2D eigenvalue weighted by molar-refractivity contribution is -0.121. The quantitative estimate of drug-likeness (QED) is 0.330. The fraction of sp³-hybridized carbons (Fsp3) is 0.120. The highest BCUT2D eigenvalue weighted by molar-refractivity contribution is 7.09. The maximum atomic E-state index is 13.8. The number of nitrogens with one attached hydrogen (secondary N) is 1. The van der Waals surface area contributed by atoms with Crippen LogP contribution in [0.25, 0.3) is 0 Å². The number of carbonyl (C=O) groups excluding carboxylic acids is 3. The SMILES string of the molecule is Cc1ccc(C(C(=O)Nc2cccc(F)c2)N(Cc2ccccc2)C(=O)c2snc(C(N)=O)c2N)o1. The Hall–Kier alpha value is -4.51. The van der Waals surface area contributed by atoms with Gasteiger partial charge >= 0.3 is 0 Å². The van der Waals surface area contributed by atoms with Gasteiger partial charge in [-0.3, -0.25) is 14.4 Å². The topological polar surface area (TPSA) is 145 Å². The molecule has 9 nitrogen and oxygen atoms in total. The second kappa shape index (κ2) is 10.4. The zero-order chi connectivity index (χ0) is 25.8. The van der Waals surface area contributed by atoms with E-state index in [1.54, 1.807) is 43.3 Å². The molecule has 2 aromatic heterocycles. The molecule has 0 saturated carbocycles. The van der Waals surface area contributed by atoms with Crippen molar-refractivity contribution in [2.24, 2.45) is 5.73 Å². The van der Waals surface area contributed by atoms with E-state index >= 15 is 0 Å². The van der Waals surface area contributed by atoms with Crippen molar-refractivity contribution < 1.29 is 23.2 Å². The molecule has 0 fully saturated rings. The number of primary amides is 1. The van der Waals surface area contributed by atoms with Crippen molar-refractivity contribution in [1.82, 2.24) is 9.27 Å². The summed E-state index contributed by atoms with van der Waals surface area (Å²) in [5.41, 5.74) is 11.9. The summed E-state index contributed by atoms with van der Waals surface area (Å²) in [5, 5.41) is 2.65. The maximum Gasteiger partial charge on any atom is 0.270 e. The summed E-state index contributed by atoms with van der Waals surface area (Å²) in [6.45, 7) is 1.69. The zero-order valence-corrected chi connectivity index (χ0v) is 19.9. The molecular weight excluding hydrogens is 485 g/mol. The fourth-order valence-corrected chi connectivity index (χ4v) is 4.38. The summed E-state index contributed by atoms with van der Waals surface area (Å²) in [6, 6.07) is 16.3. The van der Waals surface area contributed by atoms with Gasteiger partial charge in [-0.15, -0.1) is 0 Å². The number of nitrogen functional groups attached to an aromatic ring is 1. The number of aromatic nitrogens is 1. The highest BCUT2D eigenvalue weighted by Gasteiger charge is 2.37. The molecule has 0 spiro atoms. The van der Waals surface area contributed by atoms with E-state index in [1.807, 2.05) is 6.07 Å². The molecule has 0 aliphatic rings. The number of anilines is 2. The lowest BCUT2D eigenvalue weighted by atomic mass is 10.1. The molecule has 4 aromatic rings. The molecule has 2 heterocycles. The molecule has 184 valence electrons. The molecule has 0 bridgehead atoms. The van der Waals surface area contributed by atoms with Crippen LogP contribution in [0.5, 0.6) is 0 Å². The van der Waals surface area contributed by atoms with Crippen LogP contribution in [0.2, 0.25) is 0 Å². The molecule has 2 aromatic carbocycles. The predicted octanol–water partition coefficient (Wildman–Crippen LogP) is 3.89. The first-order valence-electron chi connectivity index (χ1n) is 10.8. The van der Waals surface area contributed by atoms with Crippen LogP contribution in [0.1, 0.15) is 43.3 Å². The molecule has 0 aliphatic carbocycles. The summed E-state index contributed by atoms with van der Waals surface area (Å²) in [7, 11) is 0. The van der Waals surface area contributed by atoms with Crippen LogP contribution in [0.4, 0.5) is 15.8 Å². The summed E-state index contributed by atoms with van der Waals surface area (Å²) in [4.78, 5) is 40.3. The number of hydrogen-bond donors (Lipinski definition) is 3. The Bertz CT molecular complexity index is 1420. The smallest absolute Gasteiger partial charge is 0.270 e. The number of aryl methyl sites for hydroxylation is 1. The molecule has 0 radical (unpaired) electrons. The van der Waals surface area contributed by atoms with E-state index in [2.05, 4.69) is 9.69 Å². The monoisotopic (exact) mass is 507 g/mol. The highest BCUT2D eigenvalue weighted by atomic mass is 32.1. The third-order valence-electron chi connectivity index (χ3n) is 5.30. The van der Waals surface area contributed by atoms with Crippen molar-refractivity contribution in [2.45, 2.75) is 19.5 Å². The number of halogens is 1. The van der Waals surface area contributed by atoms with E-state index in [1.165, 1.54) is 23.1 Å². The van der Waals surface area contributed by atoms with Gasteiger partial charge in [0.2, 0.25) is 0 Å². The molecule has 0 aliphatic heterocycles. The standard InChI is InChI=1S/C25H22FN5O4S/c1-14-10-11-18(35-14)21(24(33)29-17-9-5-8-16(26)12-17)31(13-15-6-3-2-4-7-15)25(34)22-19(27)20(23(28)32)30-36-22/h2-12,21H,13,27H2,1H3,(H2,28,32)(H,29,33). The molecule has 1 atom stereocenters. The van der Waals surface area contributed by atoms with Crippen molar-refractivity contribution in [2.75, 3.05) is 11.1 Å². The number of hydrogen-bond acceptors (Lipinski definition) is 7. The highest BCUT2D eigenvalue weighted by Crippen LogP contribution is 2.32. The number of nitrogens with two attached hydrogens (primary N) is 2. The Morgan fingerprint density at radius 2 is 1.86 bits per heavy atom. The van der Waals surface area contributed by atoms with Crippen molar-refractivity contribution in [3.05, 3.63) is 100 Å². The maximum absolute atomic E-state index is 13.8. The lowest BCUT2D eigenvalue weighted by Crippen LogP contribution is -2.40. The van der Waals surface area contributed by atoms with Gasteiger partial charge < -0.3 is 26.1 Å². The Balaban J connectivity index is 1.80. The van der Waals surface area contributed by atoms with Crippen molar-refractivity contribution in [3.8, 4) is 0 Å². The number of amides is 3. The second-order valence-electron chi connectivity index (χ2n) is 7.91. The summed E-state index contributed by atoms with van der Waals surface area (Å²) < 4.78 is 23.4. The minimum Gasteiger partial charge on any atom is -0.464 e. The number of rotatable bonds is 8. The summed E-state index contributed by atoms with van der Waals surface area (Å²) in [6.07, 6.45) is 0. The fourth-order valence-electron chi connectivity index (χ4n) is 3.62. The molecule has 4 rings (SSSR count). The normalized spacial score (nSPS) is 11.6. The Morgan fingerprint density at radius 3 is 2.47 bits per heavy atom. The van der Waals surface area contributed by atoms with Crippen molar-refractivity contribution >= 4 is 40.6 Å². The first-order valence-corrected chi connectivity index (χ1v) is 11.5. The molecule has 5 N–H and O–H groups in total. The third kappa shape index (κ3) is 5.26. The average Bonchev–Trinajstić information content (AvgIpc) is 3.44. The van der Waals surface area contributed by atoms with Crippen LogP contribution in [0, 0.1) is 12.7 Å². The van der Waals surface area contributed by atoms with Gasteiger partial charge in [-0.25, -0.2) is 4.39 Å². The first kappa shape index (κ1) is 24.6. The van der Waals surface area contributed by atoms with E-state index in [4.69, 9.17) is 15.9 Å². The minimum atomic E-state index is -1.27. The largest absolute Gasteiger partial charge is 0.464 e. The zero-order valence-electron chi connectivity index (χ0n) is 19.1. The van der Waals surface area contributed by atoms with Gasteiger partial charge in [0.05, 0.1) is 5.69 Å². The number of nitrogens with zero attached hydrogens (tertiary/aromatic N) is 2. The summed E-state index contributed by atoms with van der Waals surface area (Å²) in [5.74, 6) is -2.00. The predicted molar refractivity (Wildman–Crippen MR) is 133 cm³/mol. The van der Waals surface area contributed by atoms with Gasteiger partial charge in [0, 0.05) is 12.2 Å². The van der Waals surface area contributed by atoms with E-state index in [0.717, 1.165) is 11.6 Å². The minimum absolute atomic E-state index is 0.0100. The van der Waals surface area contributed by atoms with E-state index in [-0.39, 0.29) is 34.3 Å². The molecule has 36 heavy (non-hydrogen) atoms. The Labute approximate surface area is 209 Å². The van der Waals surface area contributed by atoms with Crippen LogP contribution in [0.3, 0.4) is 0 Å². The average molecular weight is 508 g/mol. The van der Waals surface area contributed by atoms with Crippen LogP contribution in [0.15, 0.2) is 71.1 Å². The van der Waals surface area contributed by atoms with Crippen LogP contribution in [-0.4, -0.2) is 27.0 Å². The van der Waals surface area contributed by atoms with Gasteiger partial charge in [0.1, 0.15) is 22.2 Å². The molecule has 1 unspecified atom stereocenters. The second-order valence-corrected chi connectivity index (χ2v) is 8.68. The van der Waals surface area contributed by atoms with E-state index < -0.39 is 29.6 Å². The number of furan rings is 1. The van der Waals surface area contributed by atoms with E-state index in [9.17, 15) is 18.8 Å². The van der Waals surface area contributed by atoms with Gasteiger partial charge in [-0.1, -0.05) is 36.4 Å². The molecule has 3 amide bonds. The van der Waals surface area contributed by atoms with E-state index in [0.29, 0.717) is 17.3 Å². The molecule has 0 saturated heterocycles. The van der Waals surface area contributed by atoms with Crippen molar-refractivity contribution in [1.29, 1.82) is 0 Å². The third-order valence-corrected chi connectivity index (χ3v) is 6.15. The number of carbonyl (C=O) groups is 3. The van der Waals surface area contributed by atoms with Gasteiger partial charge in [-0.2, -0.15) is 4.37 Å². The molecule has 11 heteroatoms. The van der Waals surface area contributed by atoms with Gasteiger partial charge in [0.15, 0.2) is 11.7 Å². The lowest BCUT2D eigenvalue weighted by Gasteiger charge is -2.29. The number of benzene rings is 2. The Kier molecular flexibility index (Phi) is 7.11. The van der Waals surface area contributed by atoms with Crippen LogP contribution in [-0.2, 0) is 11.3 Å². The van der Waals surface area contributed by atoms with Crippen LogP contribution < -0.4 is 16.8 Å². The van der Waals surface area contributed by atoms with Gasteiger partial charge in [0.25, 0.3) is 17.7 Å². The van der Waals surface area contributed by atoms with Gasteiger partial charge in [-0.05, 0) is 54.4 Å².